The first kappa shape index (κ1) is 36.7. The molecule has 3 N–H and O–H groups in total. The van der Waals surface area contributed by atoms with Crippen molar-refractivity contribution < 1.29 is 14.4 Å². The van der Waals surface area contributed by atoms with Crippen molar-refractivity contribution in [2.75, 3.05) is 20.1 Å². The van der Waals surface area contributed by atoms with Crippen molar-refractivity contribution in [3.63, 3.8) is 0 Å². The van der Waals surface area contributed by atoms with Crippen molar-refractivity contribution in [2.24, 2.45) is 0 Å². The molecule has 0 heterocycles. The van der Waals surface area contributed by atoms with Crippen molar-refractivity contribution in [3.8, 4) is 0 Å². The average Bonchev–Trinajstić information content (AvgIpc) is 2.84. The fourth-order valence-electron chi connectivity index (χ4n) is 4.05. The Morgan fingerprint density at radius 3 is 1.50 bits per heavy atom. The summed E-state index contributed by atoms with van der Waals surface area (Å²) in [5, 5.41) is 8.73. The molecule has 0 spiro atoms. The maximum absolute atomic E-state index is 11.9. The van der Waals surface area contributed by atoms with E-state index < -0.39 is 0 Å². The monoisotopic (exact) mass is 511 g/mol. The lowest BCUT2D eigenvalue weighted by Gasteiger charge is -2.12. The fourth-order valence-corrected chi connectivity index (χ4v) is 4.05. The Hall–Kier alpha value is -1.43. The number of ketones is 1. The van der Waals surface area contributed by atoms with E-state index in [0.29, 0.717) is 25.9 Å². The largest absolute Gasteiger partial charge is 0.356 e. The molecule has 6 heteroatoms. The van der Waals surface area contributed by atoms with Crippen LogP contribution in [-0.4, -0.2) is 43.8 Å². The van der Waals surface area contributed by atoms with Gasteiger partial charge >= 0.3 is 0 Å². The van der Waals surface area contributed by atoms with Crippen LogP contribution in [0.2, 0.25) is 0 Å². The lowest BCUT2D eigenvalue weighted by Crippen LogP contribution is -2.33. The van der Waals surface area contributed by atoms with Crippen molar-refractivity contribution in [2.45, 2.75) is 156 Å². The first-order valence-electron chi connectivity index (χ1n) is 15.1. The Morgan fingerprint density at radius 2 is 1.03 bits per heavy atom. The number of carbonyl (C=O) groups excluding carboxylic acids is 3. The Balaban J connectivity index is 0. The van der Waals surface area contributed by atoms with E-state index in [2.05, 4.69) is 36.7 Å². The standard InChI is InChI=1S/C27H53N3O3.C3H8/c1-4-5-6-7-8-9-10-11-12-13-14-15-16-20-26(32)30-23-21-27(33)29-22-18-17-19-25(28-3)24(2)31;1-3-2/h25,28H,4-23H2,1-3H3,(H,29,33)(H,30,32);3H2,1-2H3. The molecule has 0 aliphatic heterocycles. The number of likely N-dealkylation sites (N-methyl/N-ethyl adjacent to an activating group) is 1. The van der Waals surface area contributed by atoms with Crippen LogP contribution in [0, 0.1) is 0 Å². The minimum absolute atomic E-state index is 0.0343. The highest BCUT2D eigenvalue weighted by Gasteiger charge is 2.10. The van der Waals surface area contributed by atoms with Crippen molar-refractivity contribution in [3.05, 3.63) is 0 Å². The summed E-state index contributed by atoms with van der Waals surface area (Å²) in [5.74, 6) is 0.164. The van der Waals surface area contributed by atoms with Crippen LogP contribution in [0.25, 0.3) is 0 Å². The highest BCUT2D eigenvalue weighted by atomic mass is 16.2. The van der Waals surface area contributed by atoms with Gasteiger partial charge in [-0.2, -0.15) is 0 Å². The third-order valence-corrected chi connectivity index (χ3v) is 6.26. The van der Waals surface area contributed by atoms with Gasteiger partial charge in [-0.25, -0.2) is 0 Å². The van der Waals surface area contributed by atoms with Gasteiger partial charge in [-0.1, -0.05) is 104 Å². The van der Waals surface area contributed by atoms with Gasteiger partial charge in [0.25, 0.3) is 0 Å². The van der Waals surface area contributed by atoms with Gasteiger partial charge in [0.15, 0.2) is 0 Å². The second-order valence-corrected chi connectivity index (χ2v) is 10.1. The van der Waals surface area contributed by atoms with Gasteiger partial charge in [0.05, 0.1) is 6.04 Å². The zero-order chi connectivity index (χ0) is 27.3. The molecular formula is C30H61N3O3. The number of Topliss-reactive ketones (excluding diaryl/α,β-unsaturated/α-hetero) is 1. The van der Waals surface area contributed by atoms with Crippen LogP contribution in [0.5, 0.6) is 0 Å². The van der Waals surface area contributed by atoms with Gasteiger partial charge in [0.1, 0.15) is 5.78 Å². The smallest absolute Gasteiger partial charge is 0.221 e. The molecule has 1 atom stereocenters. The molecule has 0 rings (SSSR count). The predicted octanol–water partition coefficient (Wildman–Crippen LogP) is 6.85. The maximum atomic E-state index is 11.9. The summed E-state index contributed by atoms with van der Waals surface area (Å²) in [4.78, 5) is 35.1. The Labute approximate surface area is 223 Å². The predicted molar refractivity (Wildman–Crippen MR) is 154 cm³/mol. The van der Waals surface area contributed by atoms with Crippen LogP contribution in [-0.2, 0) is 14.4 Å². The molecule has 0 aromatic rings. The van der Waals surface area contributed by atoms with E-state index in [1.165, 1.54) is 77.0 Å². The topological polar surface area (TPSA) is 87.3 Å². The average molecular weight is 512 g/mol. The van der Waals surface area contributed by atoms with Crippen LogP contribution in [0.15, 0.2) is 0 Å². The summed E-state index contributed by atoms with van der Waals surface area (Å²) >= 11 is 0. The van der Waals surface area contributed by atoms with E-state index in [0.717, 1.165) is 32.1 Å². The van der Waals surface area contributed by atoms with Crippen LogP contribution in [0.4, 0.5) is 0 Å². The zero-order valence-corrected chi connectivity index (χ0v) is 24.7. The number of hydrogen-bond donors (Lipinski definition) is 3. The Kier molecular flexibility index (Phi) is 30.4. The molecule has 0 aliphatic carbocycles. The van der Waals surface area contributed by atoms with Gasteiger partial charge in [0.2, 0.25) is 11.8 Å². The van der Waals surface area contributed by atoms with E-state index in [4.69, 9.17) is 0 Å². The highest BCUT2D eigenvalue weighted by molar-refractivity contribution is 5.81. The lowest BCUT2D eigenvalue weighted by atomic mass is 10.0. The number of amides is 2. The first-order chi connectivity index (χ1) is 17.4. The molecule has 214 valence electrons. The minimum atomic E-state index is -0.0918. The Bertz CT molecular complexity index is 512. The summed E-state index contributed by atoms with van der Waals surface area (Å²) in [6, 6.07) is -0.0918. The molecule has 0 aliphatic rings. The van der Waals surface area contributed by atoms with Gasteiger partial charge in [-0.15, -0.1) is 0 Å². The molecule has 1 unspecified atom stereocenters. The van der Waals surface area contributed by atoms with Crippen molar-refractivity contribution in [1.82, 2.24) is 16.0 Å². The van der Waals surface area contributed by atoms with Gasteiger partial charge < -0.3 is 16.0 Å². The summed E-state index contributed by atoms with van der Waals surface area (Å²) in [6.07, 6.45) is 21.5. The first-order valence-corrected chi connectivity index (χ1v) is 15.1. The van der Waals surface area contributed by atoms with E-state index in [1.807, 2.05) is 0 Å². The third kappa shape index (κ3) is 28.8. The number of nitrogens with one attached hydrogen (secondary N) is 3. The van der Waals surface area contributed by atoms with Crippen LogP contribution < -0.4 is 16.0 Å². The molecule has 6 nitrogen and oxygen atoms in total. The van der Waals surface area contributed by atoms with Crippen LogP contribution >= 0.6 is 0 Å². The minimum Gasteiger partial charge on any atom is -0.356 e. The fraction of sp³-hybridized carbons (Fsp3) is 0.900. The van der Waals surface area contributed by atoms with Gasteiger partial charge in [-0.3, -0.25) is 14.4 Å². The quantitative estimate of drug-likeness (QED) is 0.124. The molecule has 0 aromatic carbocycles. The van der Waals surface area contributed by atoms with E-state index in [-0.39, 0.29) is 23.6 Å². The Morgan fingerprint density at radius 1 is 0.583 bits per heavy atom. The normalized spacial score (nSPS) is 11.4. The molecule has 0 radical (unpaired) electrons. The van der Waals surface area contributed by atoms with E-state index in [9.17, 15) is 14.4 Å². The van der Waals surface area contributed by atoms with Gasteiger partial charge in [0, 0.05) is 25.9 Å². The zero-order valence-electron chi connectivity index (χ0n) is 24.7. The molecule has 0 aromatic heterocycles. The molecule has 0 bridgehead atoms. The second kappa shape index (κ2) is 29.8. The summed E-state index contributed by atoms with van der Waals surface area (Å²) in [7, 11) is 1.79. The number of carbonyl (C=O) groups is 3. The maximum Gasteiger partial charge on any atom is 0.221 e. The SMILES string of the molecule is CCC.CCCCCCCCCCCCCCCC(=O)NCCC(=O)NCCCCC(NC)C(C)=O. The third-order valence-electron chi connectivity index (χ3n) is 6.26. The van der Waals surface area contributed by atoms with Crippen molar-refractivity contribution >= 4 is 17.6 Å². The molecule has 2 amide bonds. The summed E-state index contributed by atoms with van der Waals surface area (Å²) < 4.78 is 0. The highest BCUT2D eigenvalue weighted by Crippen LogP contribution is 2.12. The van der Waals surface area contributed by atoms with Crippen LogP contribution in [0.1, 0.15) is 150 Å². The number of rotatable bonds is 24. The van der Waals surface area contributed by atoms with E-state index in [1.54, 1.807) is 14.0 Å². The van der Waals surface area contributed by atoms with Crippen molar-refractivity contribution in [1.29, 1.82) is 0 Å². The lowest BCUT2D eigenvalue weighted by molar-refractivity contribution is -0.122. The molecular weight excluding hydrogens is 450 g/mol. The van der Waals surface area contributed by atoms with Gasteiger partial charge in [-0.05, 0) is 39.7 Å². The molecule has 36 heavy (non-hydrogen) atoms. The molecule has 0 saturated carbocycles. The second-order valence-electron chi connectivity index (χ2n) is 10.1. The van der Waals surface area contributed by atoms with Crippen LogP contribution in [0.3, 0.4) is 0 Å². The molecule has 0 fully saturated rings. The summed E-state index contributed by atoms with van der Waals surface area (Å²) in [6.45, 7) is 9.11. The number of hydrogen-bond acceptors (Lipinski definition) is 4. The number of unbranched alkanes of at least 4 members (excludes halogenated alkanes) is 13. The molecule has 0 saturated heterocycles. The van der Waals surface area contributed by atoms with E-state index >= 15 is 0 Å². The summed E-state index contributed by atoms with van der Waals surface area (Å²) in [5.41, 5.74) is 0.